The van der Waals surface area contributed by atoms with Gasteiger partial charge in [0.15, 0.2) is 5.82 Å². The van der Waals surface area contributed by atoms with Crippen LogP contribution in [0.3, 0.4) is 0 Å². The Balaban J connectivity index is 1.03. The van der Waals surface area contributed by atoms with Crippen LogP contribution in [-0.4, -0.2) is 66.7 Å². The number of nitrogens with zero attached hydrogens (tertiary/aromatic N) is 3. The number of aromatic amines is 1. The van der Waals surface area contributed by atoms with Gasteiger partial charge < -0.3 is 19.9 Å². The second-order valence-corrected chi connectivity index (χ2v) is 8.61. The minimum Gasteiger partial charge on any atom is -0.491 e. The smallest absolute Gasteiger partial charge is 0.287 e. The SMILES string of the molecule is O=C(NCCCCN1CCN(c2cccc3c2OCCC3)CC1)c1nc2ccccc2[nH]1. The maximum Gasteiger partial charge on any atom is 0.287 e. The van der Waals surface area contributed by atoms with Crippen LogP contribution in [0.15, 0.2) is 42.5 Å². The molecule has 168 valence electrons. The molecule has 0 spiro atoms. The van der Waals surface area contributed by atoms with E-state index >= 15 is 0 Å². The first-order valence-electron chi connectivity index (χ1n) is 11.7. The minimum atomic E-state index is -0.136. The van der Waals surface area contributed by atoms with Crippen molar-refractivity contribution in [2.45, 2.75) is 25.7 Å². The number of benzene rings is 2. The first kappa shape index (κ1) is 20.8. The van der Waals surface area contributed by atoms with Gasteiger partial charge in [0, 0.05) is 32.7 Å². The second-order valence-electron chi connectivity index (χ2n) is 8.61. The Bertz CT molecular complexity index is 1040. The molecule has 3 heterocycles. The number of nitrogens with one attached hydrogen (secondary N) is 2. The van der Waals surface area contributed by atoms with E-state index in [4.69, 9.17) is 4.74 Å². The Labute approximate surface area is 188 Å². The molecule has 1 aromatic heterocycles. The first-order valence-corrected chi connectivity index (χ1v) is 11.7. The van der Waals surface area contributed by atoms with Crippen LogP contribution >= 0.6 is 0 Å². The fourth-order valence-corrected chi connectivity index (χ4v) is 4.64. The molecule has 1 fully saturated rings. The van der Waals surface area contributed by atoms with Crippen LogP contribution in [0.25, 0.3) is 11.0 Å². The summed E-state index contributed by atoms with van der Waals surface area (Å²) >= 11 is 0. The van der Waals surface area contributed by atoms with Gasteiger partial charge in [0.2, 0.25) is 0 Å². The molecule has 2 aromatic carbocycles. The number of fused-ring (bicyclic) bond motifs is 2. The van der Waals surface area contributed by atoms with Crippen molar-refractivity contribution in [1.29, 1.82) is 0 Å². The molecule has 1 amide bonds. The fourth-order valence-electron chi connectivity index (χ4n) is 4.64. The molecule has 0 unspecified atom stereocenters. The highest BCUT2D eigenvalue weighted by atomic mass is 16.5. The third kappa shape index (κ3) is 4.58. The van der Waals surface area contributed by atoms with E-state index < -0.39 is 0 Å². The zero-order valence-electron chi connectivity index (χ0n) is 18.5. The molecule has 32 heavy (non-hydrogen) atoms. The number of piperazine rings is 1. The number of unbranched alkanes of at least 4 members (excludes halogenated alkanes) is 1. The van der Waals surface area contributed by atoms with Crippen LogP contribution in [0.4, 0.5) is 5.69 Å². The van der Waals surface area contributed by atoms with E-state index in [1.165, 1.54) is 11.3 Å². The normalized spacial score (nSPS) is 16.6. The topological polar surface area (TPSA) is 73.5 Å². The first-order chi connectivity index (χ1) is 15.8. The highest BCUT2D eigenvalue weighted by Crippen LogP contribution is 2.35. The lowest BCUT2D eigenvalue weighted by Crippen LogP contribution is -2.47. The average molecular weight is 434 g/mol. The van der Waals surface area contributed by atoms with Crippen molar-refractivity contribution in [3.05, 3.63) is 53.9 Å². The Hall–Kier alpha value is -3.06. The lowest BCUT2D eigenvalue weighted by Gasteiger charge is -2.37. The average Bonchev–Trinajstić information content (AvgIpc) is 3.28. The summed E-state index contributed by atoms with van der Waals surface area (Å²) in [6.07, 6.45) is 4.27. The monoisotopic (exact) mass is 433 g/mol. The van der Waals surface area contributed by atoms with Gasteiger partial charge in [0.25, 0.3) is 5.91 Å². The van der Waals surface area contributed by atoms with Crippen LogP contribution in [0, 0.1) is 0 Å². The van der Waals surface area contributed by atoms with Crippen LogP contribution in [0.2, 0.25) is 0 Å². The molecule has 0 saturated carbocycles. The van der Waals surface area contributed by atoms with Crippen molar-refractivity contribution in [2.75, 3.05) is 50.8 Å². The van der Waals surface area contributed by atoms with E-state index in [1.54, 1.807) is 0 Å². The van der Waals surface area contributed by atoms with Crippen LogP contribution in [0.1, 0.15) is 35.4 Å². The number of H-pyrrole nitrogens is 1. The fraction of sp³-hybridized carbons (Fsp3) is 0.440. The Morgan fingerprint density at radius 1 is 1.06 bits per heavy atom. The summed E-state index contributed by atoms with van der Waals surface area (Å²) in [6.45, 7) is 6.76. The predicted molar refractivity (Wildman–Crippen MR) is 127 cm³/mol. The zero-order valence-corrected chi connectivity index (χ0v) is 18.5. The number of carbonyl (C=O) groups excluding carboxylic acids is 1. The molecule has 0 radical (unpaired) electrons. The van der Waals surface area contributed by atoms with Crippen molar-refractivity contribution >= 4 is 22.6 Å². The highest BCUT2D eigenvalue weighted by Gasteiger charge is 2.22. The number of aryl methyl sites for hydroxylation is 1. The van der Waals surface area contributed by atoms with E-state index in [0.717, 1.165) is 81.8 Å². The van der Waals surface area contributed by atoms with Gasteiger partial charge in [0.05, 0.1) is 23.3 Å². The molecule has 1 saturated heterocycles. The lowest BCUT2D eigenvalue weighted by molar-refractivity contribution is 0.0943. The summed E-state index contributed by atoms with van der Waals surface area (Å²) < 4.78 is 6.00. The Morgan fingerprint density at radius 3 is 2.81 bits per heavy atom. The molecule has 2 N–H and O–H groups in total. The van der Waals surface area contributed by atoms with E-state index in [0.29, 0.717) is 12.4 Å². The molecular formula is C25H31N5O2. The number of rotatable bonds is 7. The quantitative estimate of drug-likeness (QED) is 0.560. The number of anilines is 1. The molecule has 7 heteroatoms. The predicted octanol–water partition coefficient (Wildman–Crippen LogP) is 3.22. The molecule has 2 aliphatic rings. The largest absolute Gasteiger partial charge is 0.491 e. The number of aromatic nitrogens is 2. The van der Waals surface area contributed by atoms with Gasteiger partial charge in [-0.2, -0.15) is 0 Å². The van der Waals surface area contributed by atoms with E-state index in [2.05, 4.69) is 43.3 Å². The van der Waals surface area contributed by atoms with E-state index in [9.17, 15) is 4.79 Å². The second kappa shape index (κ2) is 9.61. The van der Waals surface area contributed by atoms with Crippen molar-refractivity contribution in [2.24, 2.45) is 0 Å². The maximum absolute atomic E-state index is 12.3. The molecule has 0 aliphatic carbocycles. The lowest BCUT2D eigenvalue weighted by atomic mass is 10.0. The molecule has 2 aliphatic heterocycles. The summed E-state index contributed by atoms with van der Waals surface area (Å²) in [7, 11) is 0. The van der Waals surface area contributed by atoms with Crippen LogP contribution in [-0.2, 0) is 6.42 Å². The third-order valence-electron chi connectivity index (χ3n) is 6.42. The summed E-state index contributed by atoms with van der Waals surface area (Å²) in [5.74, 6) is 1.35. The summed E-state index contributed by atoms with van der Waals surface area (Å²) in [5.41, 5.74) is 4.31. The molecular weight excluding hydrogens is 402 g/mol. The maximum atomic E-state index is 12.3. The van der Waals surface area contributed by atoms with Gasteiger partial charge in [-0.25, -0.2) is 4.98 Å². The standard InChI is InChI=1S/C25H31N5O2/c31-25(24-27-20-9-1-2-10-21(20)28-24)26-12-3-4-13-29-14-16-30(17-15-29)22-11-5-7-19-8-6-18-32-23(19)22/h1-2,5,7,9-11H,3-4,6,8,12-18H2,(H,26,31)(H,27,28). The third-order valence-corrected chi connectivity index (χ3v) is 6.42. The number of carbonyl (C=O) groups is 1. The number of hydrogen-bond acceptors (Lipinski definition) is 5. The highest BCUT2D eigenvalue weighted by molar-refractivity contribution is 5.94. The molecule has 0 bridgehead atoms. The number of hydrogen-bond donors (Lipinski definition) is 2. The molecule has 5 rings (SSSR count). The van der Waals surface area contributed by atoms with Gasteiger partial charge in [-0.15, -0.1) is 0 Å². The van der Waals surface area contributed by atoms with Gasteiger partial charge in [-0.3, -0.25) is 9.69 Å². The molecule has 7 nitrogen and oxygen atoms in total. The van der Waals surface area contributed by atoms with Crippen molar-refractivity contribution < 1.29 is 9.53 Å². The molecule has 0 atom stereocenters. The summed E-state index contributed by atoms with van der Waals surface area (Å²) in [5, 5.41) is 2.98. The van der Waals surface area contributed by atoms with E-state index in [-0.39, 0.29) is 5.91 Å². The Kier molecular flexibility index (Phi) is 6.25. The van der Waals surface area contributed by atoms with Gasteiger partial charge >= 0.3 is 0 Å². The Morgan fingerprint density at radius 2 is 1.94 bits per heavy atom. The van der Waals surface area contributed by atoms with Crippen LogP contribution < -0.4 is 15.0 Å². The molecule has 3 aromatic rings. The van der Waals surface area contributed by atoms with Crippen LogP contribution in [0.5, 0.6) is 5.75 Å². The minimum absolute atomic E-state index is 0.136. The zero-order chi connectivity index (χ0) is 21.8. The summed E-state index contributed by atoms with van der Waals surface area (Å²) in [4.78, 5) is 24.7. The number of para-hydroxylation sites is 3. The number of imidazole rings is 1. The van der Waals surface area contributed by atoms with Crippen molar-refractivity contribution in [3.8, 4) is 5.75 Å². The van der Waals surface area contributed by atoms with Gasteiger partial charge in [0.1, 0.15) is 5.75 Å². The van der Waals surface area contributed by atoms with Crippen molar-refractivity contribution in [3.63, 3.8) is 0 Å². The van der Waals surface area contributed by atoms with Gasteiger partial charge in [-0.1, -0.05) is 24.3 Å². The van der Waals surface area contributed by atoms with Gasteiger partial charge in [-0.05, 0) is 56.0 Å². The van der Waals surface area contributed by atoms with E-state index in [1.807, 2.05) is 24.3 Å². The van der Waals surface area contributed by atoms with Crippen molar-refractivity contribution in [1.82, 2.24) is 20.2 Å². The number of ether oxygens (including phenoxy) is 1. The summed E-state index contributed by atoms with van der Waals surface area (Å²) in [6, 6.07) is 14.2. The number of amides is 1.